The molecule has 0 aliphatic heterocycles. The van der Waals surface area contributed by atoms with Crippen molar-refractivity contribution in [2.45, 2.75) is 6.54 Å². The molecule has 0 saturated carbocycles. The van der Waals surface area contributed by atoms with Gasteiger partial charge in [-0.1, -0.05) is 18.2 Å². The van der Waals surface area contributed by atoms with E-state index >= 15 is 0 Å². The molecule has 0 atom stereocenters. The summed E-state index contributed by atoms with van der Waals surface area (Å²) in [6.45, 7) is 1.28. The maximum absolute atomic E-state index is 9.70. The van der Waals surface area contributed by atoms with Crippen molar-refractivity contribution in [3.63, 3.8) is 0 Å². The van der Waals surface area contributed by atoms with E-state index in [4.69, 9.17) is 19.6 Å². The van der Waals surface area contributed by atoms with Gasteiger partial charge in [-0.2, -0.15) is 0 Å². The fourth-order valence-corrected chi connectivity index (χ4v) is 2.54. The summed E-state index contributed by atoms with van der Waals surface area (Å²) in [5, 5.41) is 9.70. The molecule has 0 amide bonds. The summed E-state index contributed by atoms with van der Waals surface area (Å²) in [5.41, 5.74) is 0.725. The third-order valence-electron chi connectivity index (χ3n) is 2.62. The summed E-state index contributed by atoms with van der Waals surface area (Å²) in [6.07, 6.45) is 0.468. The maximum Gasteiger partial charge on any atom is 0.166 e. The van der Waals surface area contributed by atoms with Crippen LogP contribution in [-0.2, 0) is 6.54 Å². The molecule has 108 valence electrons. The number of rotatable bonds is 8. The summed E-state index contributed by atoms with van der Waals surface area (Å²) >= 11 is 0. The smallest absolute Gasteiger partial charge is 0.166 e. The zero-order chi connectivity index (χ0) is 14.3. The minimum Gasteiger partial charge on any atom is -0.508 e. The van der Waals surface area contributed by atoms with Crippen LogP contribution < -0.4 is 0 Å². The molecule has 0 aliphatic rings. The second kappa shape index (κ2) is 8.77. The average Bonchev–Trinajstić information content (AvgIpc) is 2.34. The van der Waals surface area contributed by atoms with E-state index in [1.54, 1.807) is 18.2 Å². The van der Waals surface area contributed by atoms with Crippen molar-refractivity contribution in [1.82, 2.24) is 4.90 Å². The zero-order valence-corrected chi connectivity index (χ0v) is 12.2. The average molecular weight is 307 g/mol. The summed E-state index contributed by atoms with van der Waals surface area (Å²) in [5.74, 6) is 0.179. The van der Waals surface area contributed by atoms with E-state index < -0.39 is 16.8 Å². The Bertz CT molecular complexity index is 366. The number of aromatic hydroxyl groups is 1. The fourth-order valence-electron chi connectivity index (χ4n) is 1.62. The van der Waals surface area contributed by atoms with Crippen LogP contribution in [0.4, 0.5) is 0 Å². The van der Waals surface area contributed by atoms with Gasteiger partial charge in [-0.05, 0) is 6.07 Å². The summed E-state index contributed by atoms with van der Waals surface area (Å²) in [4.78, 5) is 37.7. The topological polar surface area (TPSA) is 104 Å². The van der Waals surface area contributed by atoms with E-state index in [-0.39, 0.29) is 18.1 Å². The lowest BCUT2D eigenvalue weighted by Gasteiger charge is -2.23. The second-order valence-corrected chi connectivity index (χ2v) is 6.48. The van der Waals surface area contributed by atoms with E-state index in [0.717, 1.165) is 5.56 Å². The van der Waals surface area contributed by atoms with Crippen LogP contribution in [0, 0.1) is 0 Å². The monoisotopic (exact) mass is 307 g/mol. The molecule has 0 aromatic heterocycles. The first kappa shape index (κ1) is 16.7. The molecular formula is C11H19NO5P2. The Balaban J connectivity index is 2.59. The third kappa shape index (κ3) is 7.14. The highest BCUT2D eigenvalue weighted by molar-refractivity contribution is 7.45. The van der Waals surface area contributed by atoms with Gasteiger partial charge in [0, 0.05) is 37.5 Å². The normalized spacial score (nSPS) is 11.7. The van der Waals surface area contributed by atoms with Gasteiger partial charge in [-0.3, -0.25) is 4.90 Å². The number of phenolic OH excluding ortho intramolecular Hbond substituents is 1. The third-order valence-corrected chi connectivity index (χ3v) is 3.82. The van der Waals surface area contributed by atoms with Crippen molar-refractivity contribution in [3.8, 4) is 5.75 Å². The molecule has 0 spiro atoms. The molecule has 5 N–H and O–H groups in total. The van der Waals surface area contributed by atoms with Gasteiger partial charge < -0.3 is 24.7 Å². The van der Waals surface area contributed by atoms with Gasteiger partial charge in [0.05, 0.1) is 0 Å². The first-order valence-corrected chi connectivity index (χ1v) is 8.65. The van der Waals surface area contributed by atoms with Crippen molar-refractivity contribution in [2.75, 3.05) is 25.4 Å². The lowest BCUT2D eigenvalue weighted by molar-refractivity contribution is 0.286. The molecule has 0 heterocycles. The Hall–Kier alpha value is -0.320. The standard InChI is InChI=1S/C11H19NO5P2/c13-11-4-2-1-3-10(11)9-12(5-7-18(14)15)6-8-19(16)17/h1-4,13-17H,5-9H2. The van der Waals surface area contributed by atoms with E-state index in [9.17, 15) is 5.11 Å². The fraction of sp³-hybridized carbons (Fsp3) is 0.455. The number of phenols is 1. The van der Waals surface area contributed by atoms with Crippen LogP contribution in [0.15, 0.2) is 24.3 Å². The Morgan fingerprint density at radius 1 is 0.895 bits per heavy atom. The zero-order valence-electron chi connectivity index (χ0n) is 10.4. The highest BCUT2D eigenvalue weighted by Gasteiger charge is 2.12. The number of nitrogens with zero attached hydrogens (tertiary/aromatic N) is 1. The molecule has 1 aromatic rings. The quantitative estimate of drug-likeness (QED) is 0.455. The van der Waals surface area contributed by atoms with Gasteiger partial charge in [0.2, 0.25) is 0 Å². The predicted molar refractivity (Wildman–Crippen MR) is 75.8 cm³/mol. The van der Waals surface area contributed by atoms with Gasteiger partial charge in [-0.25, -0.2) is 0 Å². The van der Waals surface area contributed by atoms with Crippen LogP contribution in [0.25, 0.3) is 0 Å². The molecule has 8 heteroatoms. The van der Waals surface area contributed by atoms with Crippen LogP contribution in [0.5, 0.6) is 5.75 Å². The number of benzene rings is 1. The van der Waals surface area contributed by atoms with Gasteiger partial charge in [-0.15, -0.1) is 0 Å². The number of hydrogen-bond donors (Lipinski definition) is 5. The summed E-state index contributed by atoms with van der Waals surface area (Å²) in [7, 11) is -3.93. The summed E-state index contributed by atoms with van der Waals surface area (Å²) < 4.78 is 0. The Kier molecular flexibility index (Phi) is 7.73. The van der Waals surface area contributed by atoms with Gasteiger partial charge >= 0.3 is 0 Å². The molecular weight excluding hydrogens is 288 g/mol. The molecule has 0 bridgehead atoms. The van der Waals surface area contributed by atoms with E-state index in [1.165, 1.54) is 0 Å². The molecule has 0 radical (unpaired) electrons. The Morgan fingerprint density at radius 2 is 1.42 bits per heavy atom. The molecule has 0 unspecified atom stereocenters. The molecule has 6 nitrogen and oxygen atoms in total. The highest BCUT2D eigenvalue weighted by atomic mass is 31.2. The number of hydrogen-bond acceptors (Lipinski definition) is 6. The number of para-hydroxylation sites is 1. The lowest BCUT2D eigenvalue weighted by atomic mass is 10.2. The Morgan fingerprint density at radius 3 is 1.89 bits per heavy atom. The van der Waals surface area contributed by atoms with Crippen molar-refractivity contribution < 1.29 is 24.7 Å². The minimum absolute atomic E-state index is 0.179. The van der Waals surface area contributed by atoms with Crippen LogP contribution >= 0.6 is 16.8 Å². The van der Waals surface area contributed by atoms with Crippen LogP contribution in [0.3, 0.4) is 0 Å². The van der Waals surface area contributed by atoms with Crippen LogP contribution in [0.1, 0.15) is 5.56 Å². The molecule has 19 heavy (non-hydrogen) atoms. The van der Waals surface area contributed by atoms with Crippen LogP contribution in [-0.4, -0.2) is 55.0 Å². The molecule has 0 aliphatic carbocycles. The highest BCUT2D eigenvalue weighted by Crippen LogP contribution is 2.26. The van der Waals surface area contributed by atoms with Crippen molar-refractivity contribution in [2.24, 2.45) is 0 Å². The molecule has 0 saturated heterocycles. The SMILES string of the molecule is Oc1ccccc1CN(CCP(O)O)CCP(O)O. The van der Waals surface area contributed by atoms with Crippen molar-refractivity contribution in [3.05, 3.63) is 29.8 Å². The minimum atomic E-state index is -1.97. The second-order valence-electron chi connectivity index (χ2n) is 4.10. The van der Waals surface area contributed by atoms with E-state index in [1.807, 2.05) is 11.0 Å². The molecule has 1 rings (SSSR count). The lowest BCUT2D eigenvalue weighted by Crippen LogP contribution is -2.28. The van der Waals surface area contributed by atoms with Gasteiger partial charge in [0.25, 0.3) is 0 Å². The van der Waals surface area contributed by atoms with Crippen molar-refractivity contribution >= 4 is 16.8 Å². The van der Waals surface area contributed by atoms with E-state index in [2.05, 4.69) is 0 Å². The maximum atomic E-state index is 9.70. The summed E-state index contributed by atoms with van der Waals surface area (Å²) in [6, 6.07) is 6.90. The van der Waals surface area contributed by atoms with Gasteiger partial charge in [0.1, 0.15) is 5.75 Å². The predicted octanol–water partition coefficient (Wildman–Crippen LogP) is 0.787. The van der Waals surface area contributed by atoms with E-state index in [0.29, 0.717) is 19.6 Å². The first-order valence-electron chi connectivity index (χ1n) is 5.79. The Labute approximate surface area is 114 Å². The largest absolute Gasteiger partial charge is 0.508 e. The first-order chi connectivity index (χ1) is 8.99. The molecule has 0 fully saturated rings. The van der Waals surface area contributed by atoms with Crippen LogP contribution in [0.2, 0.25) is 0 Å². The van der Waals surface area contributed by atoms with Crippen molar-refractivity contribution in [1.29, 1.82) is 0 Å². The van der Waals surface area contributed by atoms with Gasteiger partial charge in [0.15, 0.2) is 16.8 Å². The molecule has 1 aromatic carbocycles.